The summed E-state index contributed by atoms with van der Waals surface area (Å²) in [4.78, 5) is 16.8. The number of nitrogens with one attached hydrogen (secondary N) is 2. The van der Waals surface area contributed by atoms with Gasteiger partial charge < -0.3 is 14.6 Å². The van der Waals surface area contributed by atoms with E-state index in [1.807, 2.05) is 36.0 Å². The summed E-state index contributed by atoms with van der Waals surface area (Å²) in [5.74, 6) is -0.0829. The maximum absolute atomic E-state index is 12.7. The van der Waals surface area contributed by atoms with Crippen LogP contribution in [0.1, 0.15) is 35.0 Å². The summed E-state index contributed by atoms with van der Waals surface area (Å²) in [5.41, 5.74) is 2.42. The number of aromatic nitrogens is 4. The lowest BCUT2D eigenvalue weighted by atomic mass is 10.0. The first kappa shape index (κ1) is 14.9. The predicted molar refractivity (Wildman–Crippen MR) is 88.5 cm³/mol. The van der Waals surface area contributed by atoms with Gasteiger partial charge in [-0.3, -0.25) is 9.89 Å². The van der Waals surface area contributed by atoms with Crippen molar-refractivity contribution < 1.29 is 9.53 Å². The number of imidazole rings is 1. The molecule has 0 unspecified atom stereocenters. The number of ether oxygens (including phenoxy) is 1. The SMILES string of the molecule is Cn1cncc1[C@@H]1C[C@H](NC(=O)c2cccc3cn[nH]c23)CCO1. The number of para-hydroxylation sites is 1. The van der Waals surface area contributed by atoms with E-state index in [0.29, 0.717) is 12.2 Å². The molecule has 0 spiro atoms. The van der Waals surface area contributed by atoms with Gasteiger partial charge in [-0.25, -0.2) is 4.98 Å². The van der Waals surface area contributed by atoms with Crippen molar-refractivity contribution in [3.8, 4) is 0 Å². The van der Waals surface area contributed by atoms with Crippen LogP contribution in [0, 0.1) is 0 Å². The normalized spacial score (nSPS) is 21.0. The van der Waals surface area contributed by atoms with Crippen molar-refractivity contribution in [2.24, 2.45) is 7.05 Å². The third kappa shape index (κ3) is 2.67. The molecule has 1 saturated heterocycles. The molecule has 0 radical (unpaired) electrons. The van der Waals surface area contributed by atoms with E-state index in [0.717, 1.165) is 29.4 Å². The first-order valence-electron chi connectivity index (χ1n) is 8.03. The minimum atomic E-state index is -0.0829. The second kappa shape index (κ2) is 6.09. The average Bonchev–Trinajstić information content (AvgIpc) is 3.23. The van der Waals surface area contributed by atoms with Crippen molar-refractivity contribution in [1.29, 1.82) is 0 Å². The van der Waals surface area contributed by atoms with Gasteiger partial charge in [-0.15, -0.1) is 0 Å². The fourth-order valence-corrected chi connectivity index (χ4v) is 3.23. The number of H-pyrrole nitrogens is 1. The number of rotatable bonds is 3. The monoisotopic (exact) mass is 325 g/mol. The van der Waals surface area contributed by atoms with Crippen LogP contribution >= 0.6 is 0 Å². The van der Waals surface area contributed by atoms with Gasteiger partial charge in [-0.2, -0.15) is 5.10 Å². The zero-order chi connectivity index (χ0) is 16.5. The van der Waals surface area contributed by atoms with Gasteiger partial charge in [-0.1, -0.05) is 12.1 Å². The first-order chi connectivity index (χ1) is 11.7. The van der Waals surface area contributed by atoms with E-state index < -0.39 is 0 Å². The fraction of sp³-hybridized carbons (Fsp3) is 0.353. The minimum Gasteiger partial charge on any atom is -0.372 e. The molecule has 3 aromatic rings. The smallest absolute Gasteiger partial charge is 0.253 e. The lowest BCUT2D eigenvalue weighted by Crippen LogP contribution is -2.40. The molecule has 2 atom stereocenters. The number of aryl methyl sites for hydroxylation is 1. The Morgan fingerprint density at radius 3 is 3.17 bits per heavy atom. The summed E-state index contributed by atoms with van der Waals surface area (Å²) in [7, 11) is 1.95. The summed E-state index contributed by atoms with van der Waals surface area (Å²) in [6.45, 7) is 0.620. The molecule has 0 saturated carbocycles. The van der Waals surface area contributed by atoms with E-state index >= 15 is 0 Å². The minimum absolute atomic E-state index is 0.0421. The molecule has 3 heterocycles. The third-order valence-electron chi connectivity index (χ3n) is 4.52. The van der Waals surface area contributed by atoms with Gasteiger partial charge in [0.25, 0.3) is 5.91 Å². The van der Waals surface area contributed by atoms with E-state index in [-0.39, 0.29) is 18.1 Å². The highest BCUT2D eigenvalue weighted by atomic mass is 16.5. The van der Waals surface area contributed by atoms with Crippen LogP contribution in [0.4, 0.5) is 0 Å². The van der Waals surface area contributed by atoms with Crippen molar-refractivity contribution in [2.75, 3.05) is 6.61 Å². The molecular weight excluding hydrogens is 306 g/mol. The van der Waals surface area contributed by atoms with E-state index in [1.54, 1.807) is 12.5 Å². The van der Waals surface area contributed by atoms with E-state index in [2.05, 4.69) is 20.5 Å². The zero-order valence-corrected chi connectivity index (χ0v) is 13.4. The second-order valence-corrected chi connectivity index (χ2v) is 6.12. The second-order valence-electron chi connectivity index (χ2n) is 6.12. The standard InChI is InChI=1S/C17H19N5O2/c1-22-10-18-9-14(22)15-7-12(5-6-24-15)20-17(23)13-4-2-3-11-8-19-21-16(11)13/h2-4,8-10,12,15H,5-7H2,1H3,(H,19,21)(H,20,23)/t12-,15+/m1/s1. The number of hydrogen-bond donors (Lipinski definition) is 2. The van der Waals surface area contributed by atoms with Gasteiger partial charge in [0.2, 0.25) is 0 Å². The lowest BCUT2D eigenvalue weighted by Gasteiger charge is -2.30. The average molecular weight is 325 g/mol. The Balaban J connectivity index is 1.49. The van der Waals surface area contributed by atoms with Crippen LogP contribution in [0.15, 0.2) is 36.9 Å². The summed E-state index contributed by atoms with van der Waals surface area (Å²) >= 11 is 0. The van der Waals surface area contributed by atoms with E-state index in [4.69, 9.17) is 4.74 Å². The van der Waals surface area contributed by atoms with Gasteiger partial charge in [0.1, 0.15) is 6.10 Å². The Labute approximate surface area is 139 Å². The highest BCUT2D eigenvalue weighted by molar-refractivity contribution is 6.05. The number of carbonyl (C=O) groups is 1. The molecule has 0 bridgehead atoms. The van der Waals surface area contributed by atoms with E-state index in [9.17, 15) is 4.79 Å². The molecule has 2 N–H and O–H groups in total. The van der Waals surface area contributed by atoms with Crippen molar-refractivity contribution in [1.82, 2.24) is 25.1 Å². The first-order valence-corrected chi connectivity index (χ1v) is 8.03. The van der Waals surface area contributed by atoms with Gasteiger partial charge in [-0.05, 0) is 18.9 Å². The topological polar surface area (TPSA) is 84.8 Å². The third-order valence-corrected chi connectivity index (χ3v) is 4.52. The summed E-state index contributed by atoms with van der Waals surface area (Å²) in [5, 5.41) is 11.0. The summed E-state index contributed by atoms with van der Waals surface area (Å²) in [6.07, 6.45) is 6.81. The molecule has 7 nitrogen and oxygen atoms in total. The maximum Gasteiger partial charge on any atom is 0.253 e. The van der Waals surface area contributed by atoms with Crippen LogP contribution in [-0.4, -0.2) is 38.3 Å². The van der Waals surface area contributed by atoms with Crippen molar-refractivity contribution in [3.63, 3.8) is 0 Å². The molecular formula is C17H19N5O2. The molecule has 2 aromatic heterocycles. The number of amides is 1. The Hall–Kier alpha value is -2.67. The van der Waals surface area contributed by atoms with Gasteiger partial charge >= 0.3 is 0 Å². The molecule has 1 fully saturated rings. The van der Waals surface area contributed by atoms with Gasteiger partial charge in [0, 0.05) is 25.1 Å². The lowest BCUT2D eigenvalue weighted by molar-refractivity contribution is -0.00300. The highest BCUT2D eigenvalue weighted by Gasteiger charge is 2.27. The van der Waals surface area contributed by atoms with Crippen LogP contribution in [0.25, 0.3) is 10.9 Å². The molecule has 1 aliphatic heterocycles. The highest BCUT2D eigenvalue weighted by Crippen LogP contribution is 2.28. The summed E-state index contributed by atoms with van der Waals surface area (Å²) < 4.78 is 7.81. The Bertz CT molecular complexity index is 869. The number of fused-ring (bicyclic) bond motifs is 1. The number of hydrogen-bond acceptors (Lipinski definition) is 4. The predicted octanol–water partition coefficient (Wildman–Crippen LogP) is 1.95. The van der Waals surface area contributed by atoms with Crippen molar-refractivity contribution >= 4 is 16.8 Å². The number of aromatic amines is 1. The van der Waals surface area contributed by atoms with Crippen molar-refractivity contribution in [3.05, 3.63) is 48.2 Å². The van der Waals surface area contributed by atoms with Gasteiger partial charge in [0.05, 0.1) is 35.5 Å². The molecule has 7 heteroatoms. The van der Waals surface area contributed by atoms with Crippen LogP contribution in [0.3, 0.4) is 0 Å². The Kier molecular flexibility index (Phi) is 3.78. The number of benzene rings is 1. The molecule has 0 aliphatic carbocycles. The molecule has 24 heavy (non-hydrogen) atoms. The van der Waals surface area contributed by atoms with Gasteiger partial charge in [0.15, 0.2) is 0 Å². The Morgan fingerprint density at radius 2 is 2.33 bits per heavy atom. The van der Waals surface area contributed by atoms with Crippen LogP contribution < -0.4 is 5.32 Å². The molecule has 1 aromatic carbocycles. The van der Waals surface area contributed by atoms with Crippen molar-refractivity contribution in [2.45, 2.75) is 25.0 Å². The fourth-order valence-electron chi connectivity index (χ4n) is 3.23. The molecule has 1 amide bonds. The van der Waals surface area contributed by atoms with Crippen LogP contribution in [-0.2, 0) is 11.8 Å². The van der Waals surface area contributed by atoms with E-state index in [1.165, 1.54) is 0 Å². The molecule has 4 rings (SSSR count). The number of nitrogens with zero attached hydrogens (tertiary/aromatic N) is 3. The zero-order valence-electron chi connectivity index (χ0n) is 13.4. The number of carbonyl (C=O) groups excluding carboxylic acids is 1. The summed E-state index contributed by atoms with van der Waals surface area (Å²) in [6, 6.07) is 5.69. The quantitative estimate of drug-likeness (QED) is 0.771. The molecule has 1 aliphatic rings. The Morgan fingerprint density at radius 1 is 1.42 bits per heavy atom. The maximum atomic E-state index is 12.7. The van der Waals surface area contributed by atoms with Crippen LogP contribution in [0.2, 0.25) is 0 Å². The van der Waals surface area contributed by atoms with Crippen LogP contribution in [0.5, 0.6) is 0 Å². The largest absolute Gasteiger partial charge is 0.372 e. The molecule has 124 valence electrons.